The average molecular weight is 329 g/mol. The van der Waals surface area contributed by atoms with E-state index in [1.807, 2.05) is 6.07 Å². The molecule has 0 aliphatic carbocycles. The first-order valence-electron chi connectivity index (χ1n) is 7.61. The SMILES string of the molecule is CC(C)(C(=O)NCc1ccccn1)C(=O)NCc1ccccc1F. The molecule has 0 radical (unpaired) electrons. The highest BCUT2D eigenvalue weighted by Crippen LogP contribution is 2.16. The Kier molecular flexibility index (Phi) is 5.63. The second kappa shape index (κ2) is 7.68. The van der Waals surface area contributed by atoms with Crippen molar-refractivity contribution in [3.05, 3.63) is 65.7 Å². The van der Waals surface area contributed by atoms with Crippen LogP contribution in [0.4, 0.5) is 4.39 Å². The summed E-state index contributed by atoms with van der Waals surface area (Å²) in [5.41, 5.74) is -0.205. The number of amides is 2. The normalized spacial score (nSPS) is 11.0. The number of nitrogens with zero attached hydrogens (tertiary/aromatic N) is 1. The maximum Gasteiger partial charge on any atom is 0.235 e. The lowest BCUT2D eigenvalue weighted by atomic mass is 9.91. The molecule has 2 aromatic rings. The van der Waals surface area contributed by atoms with E-state index in [4.69, 9.17) is 0 Å². The fraction of sp³-hybridized carbons (Fsp3) is 0.278. The molecule has 0 aliphatic rings. The molecule has 1 aromatic carbocycles. The predicted octanol–water partition coefficient (Wildman–Crippen LogP) is 2.18. The summed E-state index contributed by atoms with van der Waals surface area (Å²) in [6, 6.07) is 11.6. The first-order valence-corrected chi connectivity index (χ1v) is 7.61. The molecule has 6 heteroatoms. The van der Waals surface area contributed by atoms with Crippen molar-refractivity contribution in [2.24, 2.45) is 5.41 Å². The van der Waals surface area contributed by atoms with Crippen molar-refractivity contribution < 1.29 is 14.0 Å². The number of benzene rings is 1. The van der Waals surface area contributed by atoms with Gasteiger partial charge in [-0.1, -0.05) is 24.3 Å². The van der Waals surface area contributed by atoms with Gasteiger partial charge >= 0.3 is 0 Å². The smallest absolute Gasteiger partial charge is 0.235 e. The molecule has 24 heavy (non-hydrogen) atoms. The second-order valence-electron chi connectivity index (χ2n) is 5.90. The minimum atomic E-state index is -1.28. The van der Waals surface area contributed by atoms with Gasteiger partial charge in [0.2, 0.25) is 11.8 Å². The number of nitrogens with one attached hydrogen (secondary N) is 2. The molecule has 1 aromatic heterocycles. The third-order valence-corrected chi connectivity index (χ3v) is 3.69. The van der Waals surface area contributed by atoms with Crippen LogP contribution < -0.4 is 10.6 Å². The van der Waals surface area contributed by atoms with Gasteiger partial charge in [-0.05, 0) is 32.0 Å². The van der Waals surface area contributed by atoms with Gasteiger partial charge in [0.1, 0.15) is 11.2 Å². The van der Waals surface area contributed by atoms with E-state index in [-0.39, 0.29) is 13.1 Å². The van der Waals surface area contributed by atoms with Gasteiger partial charge < -0.3 is 10.6 Å². The Morgan fingerprint density at radius 1 is 1.00 bits per heavy atom. The lowest BCUT2D eigenvalue weighted by Gasteiger charge is -2.22. The fourth-order valence-electron chi connectivity index (χ4n) is 2.04. The highest BCUT2D eigenvalue weighted by Gasteiger charge is 2.35. The van der Waals surface area contributed by atoms with Crippen molar-refractivity contribution in [1.29, 1.82) is 0 Å². The molecule has 0 atom stereocenters. The Morgan fingerprint density at radius 2 is 1.62 bits per heavy atom. The van der Waals surface area contributed by atoms with Crippen molar-refractivity contribution in [2.45, 2.75) is 26.9 Å². The summed E-state index contributed by atoms with van der Waals surface area (Å²) in [7, 11) is 0. The fourth-order valence-corrected chi connectivity index (χ4v) is 2.04. The summed E-state index contributed by atoms with van der Waals surface area (Å²) in [5.74, 6) is -1.28. The van der Waals surface area contributed by atoms with Crippen molar-refractivity contribution >= 4 is 11.8 Å². The van der Waals surface area contributed by atoms with Crippen LogP contribution in [0.1, 0.15) is 25.1 Å². The van der Waals surface area contributed by atoms with Gasteiger partial charge in [0, 0.05) is 18.3 Å². The van der Waals surface area contributed by atoms with E-state index in [1.54, 1.807) is 36.5 Å². The number of hydrogen-bond donors (Lipinski definition) is 2. The van der Waals surface area contributed by atoms with Gasteiger partial charge in [-0.15, -0.1) is 0 Å². The summed E-state index contributed by atoms with van der Waals surface area (Å²) in [4.78, 5) is 28.7. The van der Waals surface area contributed by atoms with Crippen molar-refractivity contribution in [3.8, 4) is 0 Å². The Labute approximate surface area is 140 Å². The molecule has 2 N–H and O–H groups in total. The molecule has 0 fully saturated rings. The summed E-state index contributed by atoms with van der Waals surface area (Å²) < 4.78 is 13.6. The van der Waals surface area contributed by atoms with Crippen LogP contribution in [-0.2, 0) is 22.7 Å². The number of pyridine rings is 1. The van der Waals surface area contributed by atoms with Crippen LogP contribution in [0.2, 0.25) is 0 Å². The van der Waals surface area contributed by atoms with E-state index in [0.717, 1.165) is 0 Å². The molecule has 2 rings (SSSR count). The Balaban J connectivity index is 1.91. The zero-order valence-corrected chi connectivity index (χ0v) is 13.7. The van der Waals surface area contributed by atoms with Gasteiger partial charge in [-0.2, -0.15) is 0 Å². The number of carbonyl (C=O) groups is 2. The second-order valence-corrected chi connectivity index (χ2v) is 5.90. The first kappa shape index (κ1) is 17.6. The number of hydrogen-bond acceptors (Lipinski definition) is 3. The molecule has 2 amide bonds. The van der Waals surface area contributed by atoms with E-state index in [0.29, 0.717) is 11.3 Å². The van der Waals surface area contributed by atoms with E-state index < -0.39 is 23.0 Å². The van der Waals surface area contributed by atoms with Crippen LogP contribution in [0.15, 0.2) is 48.7 Å². The highest BCUT2D eigenvalue weighted by atomic mass is 19.1. The molecule has 0 aliphatic heterocycles. The van der Waals surface area contributed by atoms with Gasteiger partial charge in [0.25, 0.3) is 0 Å². The van der Waals surface area contributed by atoms with E-state index in [2.05, 4.69) is 15.6 Å². The molecule has 0 bridgehead atoms. The molecule has 0 spiro atoms. The number of carbonyl (C=O) groups excluding carboxylic acids is 2. The van der Waals surface area contributed by atoms with Crippen molar-refractivity contribution in [3.63, 3.8) is 0 Å². The number of aromatic nitrogens is 1. The molecular formula is C18H20FN3O2. The molecular weight excluding hydrogens is 309 g/mol. The summed E-state index contributed by atoms with van der Waals surface area (Å²) in [5, 5.41) is 5.30. The lowest BCUT2D eigenvalue weighted by molar-refractivity contribution is -0.141. The molecule has 1 heterocycles. The van der Waals surface area contributed by atoms with E-state index in [1.165, 1.54) is 19.9 Å². The van der Waals surface area contributed by atoms with Crippen LogP contribution in [0, 0.1) is 11.2 Å². The Morgan fingerprint density at radius 3 is 2.25 bits per heavy atom. The maximum atomic E-state index is 13.6. The molecule has 5 nitrogen and oxygen atoms in total. The van der Waals surface area contributed by atoms with Crippen LogP contribution in [0.25, 0.3) is 0 Å². The molecule has 126 valence electrons. The minimum absolute atomic E-state index is 0.0302. The number of rotatable bonds is 6. The predicted molar refractivity (Wildman–Crippen MR) is 88.1 cm³/mol. The van der Waals surface area contributed by atoms with E-state index >= 15 is 0 Å². The molecule has 0 unspecified atom stereocenters. The van der Waals surface area contributed by atoms with Gasteiger partial charge in [-0.25, -0.2) is 4.39 Å². The Bertz CT molecular complexity index is 717. The van der Waals surface area contributed by atoms with Crippen molar-refractivity contribution in [2.75, 3.05) is 0 Å². The highest BCUT2D eigenvalue weighted by molar-refractivity contribution is 6.04. The first-order chi connectivity index (χ1) is 11.4. The van der Waals surface area contributed by atoms with Gasteiger partial charge in [-0.3, -0.25) is 14.6 Å². The zero-order chi connectivity index (χ0) is 17.6. The summed E-state index contributed by atoms with van der Waals surface area (Å²) in [6.45, 7) is 3.32. The van der Waals surface area contributed by atoms with Crippen LogP contribution in [0.3, 0.4) is 0 Å². The zero-order valence-electron chi connectivity index (χ0n) is 13.7. The monoisotopic (exact) mass is 329 g/mol. The third-order valence-electron chi connectivity index (χ3n) is 3.69. The maximum absolute atomic E-state index is 13.6. The Hall–Kier alpha value is -2.76. The van der Waals surface area contributed by atoms with Crippen molar-refractivity contribution in [1.82, 2.24) is 15.6 Å². The van der Waals surface area contributed by atoms with Gasteiger partial charge in [0.05, 0.1) is 12.2 Å². The quantitative estimate of drug-likeness (QED) is 0.798. The third kappa shape index (κ3) is 4.38. The molecule has 0 saturated carbocycles. The minimum Gasteiger partial charge on any atom is -0.351 e. The standard InChI is InChI=1S/C18H20FN3O2/c1-18(2,17(24)22-12-14-8-5-6-10-20-14)16(23)21-11-13-7-3-4-9-15(13)19/h3-10H,11-12H2,1-2H3,(H,21,23)(H,22,24). The van der Waals surface area contributed by atoms with E-state index in [9.17, 15) is 14.0 Å². The topological polar surface area (TPSA) is 71.1 Å². The van der Waals surface area contributed by atoms with Crippen LogP contribution >= 0.6 is 0 Å². The van der Waals surface area contributed by atoms with Crippen LogP contribution in [-0.4, -0.2) is 16.8 Å². The lowest BCUT2D eigenvalue weighted by Crippen LogP contribution is -2.47. The molecule has 0 saturated heterocycles. The van der Waals surface area contributed by atoms with Crippen LogP contribution in [0.5, 0.6) is 0 Å². The largest absolute Gasteiger partial charge is 0.351 e. The average Bonchev–Trinajstić information content (AvgIpc) is 2.59. The summed E-state index contributed by atoms with van der Waals surface area (Å²) >= 11 is 0. The number of halogens is 1. The van der Waals surface area contributed by atoms with Gasteiger partial charge in [0.15, 0.2) is 0 Å². The summed E-state index contributed by atoms with van der Waals surface area (Å²) in [6.07, 6.45) is 1.63.